The molecule has 0 saturated carbocycles. The van der Waals surface area contributed by atoms with Crippen LogP contribution in [0.5, 0.6) is 0 Å². The van der Waals surface area contributed by atoms with Gasteiger partial charge in [-0.2, -0.15) is 0 Å². The Kier molecular flexibility index (Phi) is 4.61. The molecule has 1 aromatic rings. The van der Waals surface area contributed by atoms with Crippen LogP contribution >= 0.6 is 11.6 Å². The van der Waals surface area contributed by atoms with Gasteiger partial charge in [-0.3, -0.25) is 4.79 Å². The minimum Gasteiger partial charge on any atom is -0.465 e. The first-order valence-corrected chi connectivity index (χ1v) is 7.94. The topological polar surface area (TPSA) is 87.5 Å². The molecule has 2 N–H and O–H groups in total. The number of rotatable bonds is 3. The van der Waals surface area contributed by atoms with Crippen molar-refractivity contribution in [2.75, 3.05) is 6.54 Å². The van der Waals surface area contributed by atoms with Gasteiger partial charge in [0.1, 0.15) is 5.69 Å². The van der Waals surface area contributed by atoms with Crippen LogP contribution in [0.4, 0.5) is 4.79 Å². The van der Waals surface area contributed by atoms with Crippen molar-refractivity contribution in [3.63, 3.8) is 0 Å². The number of hydrogen-bond donors (Lipinski definition) is 2. The van der Waals surface area contributed by atoms with Gasteiger partial charge < -0.3 is 19.9 Å². The van der Waals surface area contributed by atoms with E-state index in [0.717, 1.165) is 0 Å². The smallest absolute Gasteiger partial charge is 0.407 e. The van der Waals surface area contributed by atoms with Crippen molar-refractivity contribution >= 4 is 23.6 Å². The lowest BCUT2D eigenvalue weighted by molar-refractivity contribution is -0.0108. The van der Waals surface area contributed by atoms with Gasteiger partial charge in [0.05, 0.1) is 18.4 Å². The monoisotopic (exact) mass is 342 g/mol. The molecule has 1 aromatic heterocycles. The lowest BCUT2D eigenvalue weighted by Gasteiger charge is -2.52. The Morgan fingerprint density at radius 2 is 2.04 bits per heavy atom. The Labute approximate surface area is 140 Å². The van der Waals surface area contributed by atoms with Crippen LogP contribution in [-0.2, 0) is 0 Å². The Morgan fingerprint density at radius 3 is 2.52 bits per heavy atom. The van der Waals surface area contributed by atoms with E-state index in [1.807, 2.05) is 34.6 Å². The predicted octanol–water partition coefficient (Wildman–Crippen LogP) is 2.62. The fraction of sp³-hybridized carbons (Fsp3) is 0.667. The van der Waals surface area contributed by atoms with Gasteiger partial charge >= 0.3 is 6.09 Å². The molecule has 1 saturated heterocycles. The van der Waals surface area contributed by atoms with Gasteiger partial charge in [0.2, 0.25) is 0 Å². The highest BCUT2D eigenvalue weighted by molar-refractivity contribution is 6.32. The van der Waals surface area contributed by atoms with E-state index in [9.17, 15) is 14.7 Å². The van der Waals surface area contributed by atoms with E-state index in [4.69, 9.17) is 11.6 Å². The lowest BCUT2D eigenvalue weighted by Crippen LogP contribution is -2.71. The number of halogens is 1. The second kappa shape index (κ2) is 6.03. The van der Waals surface area contributed by atoms with E-state index in [1.54, 1.807) is 4.57 Å². The highest BCUT2D eigenvalue weighted by Gasteiger charge is 2.49. The highest BCUT2D eigenvalue weighted by atomic mass is 35.5. The molecule has 1 aliphatic rings. The molecule has 7 nitrogen and oxygen atoms in total. The second-order valence-corrected chi connectivity index (χ2v) is 7.57. The molecule has 1 fully saturated rings. The molecule has 2 rings (SSSR count). The number of carbonyl (C=O) groups is 2. The summed E-state index contributed by atoms with van der Waals surface area (Å²) in [5.41, 5.74) is 0.0273. The first-order valence-electron chi connectivity index (χ1n) is 7.56. The third-order valence-corrected chi connectivity index (χ3v) is 4.36. The van der Waals surface area contributed by atoms with E-state index in [-0.39, 0.29) is 41.1 Å². The zero-order valence-corrected chi connectivity index (χ0v) is 14.8. The molecule has 0 aliphatic carbocycles. The van der Waals surface area contributed by atoms with Gasteiger partial charge in [0.25, 0.3) is 5.91 Å². The van der Waals surface area contributed by atoms with Crippen LogP contribution in [0.1, 0.15) is 51.1 Å². The largest absolute Gasteiger partial charge is 0.465 e. The Hall–Kier alpha value is -1.76. The molecule has 0 spiro atoms. The van der Waals surface area contributed by atoms with Crippen molar-refractivity contribution in [2.45, 2.75) is 52.7 Å². The Morgan fingerprint density at radius 1 is 1.43 bits per heavy atom. The zero-order valence-electron chi connectivity index (χ0n) is 14.0. The fourth-order valence-electron chi connectivity index (χ4n) is 3.07. The van der Waals surface area contributed by atoms with Gasteiger partial charge in [-0.15, -0.1) is 0 Å². The summed E-state index contributed by atoms with van der Waals surface area (Å²) in [6, 6.07) is -0.477. The Balaban J connectivity index is 2.18. The summed E-state index contributed by atoms with van der Waals surface area (Å²) in [7, 11) is 0. The summed E-state index contributed by atoms with van der Waals surface area (Å²) in [5, 5.41) is 12.3. The van der Waals surface area contributed by atoms with E-state index in [0.29, 0.717) is 5.69 Å². The highest BCUT2D eigenvalue weighted by Crippen LogP contribution is 2.34. The average molecular weight is 343 g/mol. The summed E-state index contributed by atoms with van der Waals surface area (Å²) in [5.74, 6) is -0.328. The van der Waals surface area contributed by atoms with Crippen LogP contribution in [0.3, 0.4) is 0 Å². The minimum absolute atomic E-state index is 0.0473. The molecule has 0 bridgehead atoms. The SMILES string of the molecule is CC(C)n1cnc(Cl)c1C(=O)NC1CN(C(=O)O)C1C(C)(C)C. The molecule has 1 aliphatic heterocycles. The van der Waals surface area contributed by atoms with Crippen molar-refractivity contribution in [1.29, 1.82) is 0 Å². The van der Waals surface area contributed by atoms with Crippen LogP contribution in [-0.4, -0.2) is 50.2 Å². The van der Waals surface area contributed by atoms with Crippen molar-refractivity contribution in [3.8, 4) is 0 Å². The van der Waals surface area contributed by atoms with Gasteiger partial charge in [0.15, 0.2) is 5.15 Å². The number of aromatic nitrogens is 2. The number of nitrogens with zero attached hydrogens (tertiary/aromatic N) is 3. The summed E-state index contributed by atoms with van der Waals surface area (Å²) in [4.78, 5) is 29.2. The summed E-state index contributed by atoms with van der Waals surface area (Å²) in [6.07, 6.45) is 0.564. The summed E-state index contributed by atoms with van der Waals surface area (Å²) >= 11 is 6.04. The number of carbonyl (C=O) groups excluding carboxylic acids is 1. The molecular formula is C15H23ClN4O3. The maximum atomic E-state index is 12.6. The summed E-state index contributed by atoms with van der Waals surface area (Å²) in [6.45, 7) is 10.0. The van der Waals surface area contributed by atoms with Crippen molar-refractivity contribution in [3.05, 3.63) is 17.2 Å². The second-order valence-electron chi connectivity index (χ2n) is 7.21. The number of imidazole rings is 1. The third kappa shape index (κ3) is 3.29. The van der Waals surface area contributed by atoms with Crippen molar-refractivity contribution in [1.82, 2.24) is 19.8 Å². The van der Waals surface area contributed by atoms with E-state index < -0.39 is 6.09 Å². The standard InChI is InChI=1S/C15H23ClN4O3/c1-8(2)20-7-17-12(16)10(20)13(21)18-9-6-19(14(22)23)11(9)15(3,4)5/h7-9,11H,6H2,1-5H3,(H,18,21)(H,22,23). The van der Waals surface area contributed by atoms with Crippen LogP contribution in [0.25, 0.3) is 0 Å². The lowest BCUT2D eigenvalue weighted by atomic mass is 9.76. The predicted molar refractivity (Wildman–Crippen MR) is 86.9 cm³/mol. The van der Waals surface area contributed by atoms with E-state index >= 15 is 0 Å². The fourth-order valence-corrected chi connectivity index (χ4v) is 3.30. The number of amides is 2. The molecule has 0 aromatic carbocycles. The molecule has 2 unspecified atom stereocenters. The summed E-state index contributed by atoms with van der Waals surface area (Å²) < 4.78 is 1.71. The zero-order chi connectivity index (χ0) is 17.5. The first kappa shape index (κ1) is 17.6. The van der Waals surface area contributed by atoms with Gasteiger partial charge in [-0.25, -0.2) is 9.78 Å². The van der Waals surface area contributed by atoms with Gasteiger partial charge in [-0.05, 0) is 19.3 Å². The molecule has 128 valence electrons. The van der Waals surface area contributed by atoms with Crippen molar-refractivity contribution in [2.24, 2.45) is 5.41 Å². The number of likely N-dealkylation sites (tertiary alicyclic amines) is 1. The molecule has 0 radical (unpaired) electrons. The Bertz CT molecular complexity index is 621. The maximum Gasteiger partial charge on any atom is 0.407 e. The van der Waals surface area contributed by atoms with Gasteiger partial charge in [0, 0.05) is 12.6 Å². The molecule has 2 atom stereocenters. The molecule has 2 heterocycles. The molecule has 2 amide bonds. The van der Waals surface area contributed by atoms with Crippen LogP contribution < -0.4 is 5.32 Å². The average Bonchev–Trinajstić information content (AvgIpc) is 2.73. The molecule has 23 heavy (non-hydrogen) atoms. The van der Waals surface area contributed by atoms with Crippen LogP contribution in [0.2, 0.25) is 5.15 Å². The van der Waals surface area contributed by atoms with E-state index in [1.165, 1.54) is 11.2 Å². The van der Waals surface area contributed by atoms with Gasteiger partial charge in [-0.1, -0.05) is 32.4 Å². The quantitative estimate of drug-likeness (QED) is 0.883. The van der Waals surface area contributed by atoms with Crippen LogP contribution in [0.15, 0.2) is 6.33 Å². The van der Waals surface area contributed by atoms with Crippen molar-refractivity contribution < 1.29 is 14.7 Å². The number of nitrogens with one attached hydrogen (secondary N) is 1. The minimum atomic E-state index is -0.972. The first-order chi connectivity index (χ1) is 10.5. The normalized spacial score (nSPS) is 21.3. The third-order valence-electron chi connectivity index (χ3n) is 4.08. The molecular weight excluding hydrogens is 320 g/mol. The van der Waals surface area contributed by atoms with Crippen LogP contribution in [0, 0.1) is 5.41 Å². The number of carboxylic acid groups (broad SMARTS) is 1. The maximum absolute atomic E-state index is 12.6. The van der Waals surface area contributed by atoms with E-state index in [2.05, 4.69) is 10.3 Å². The number of hydrogen-bond acceptors (Lipinski definition) is 3. The molecule has 8 heteroatoms.